The number of benzene rings is 7. The van der Waals surface area contributed by atoms with E-state index < -0.39 is 0 Å². The van der Waals surface area contributed by atoms with E-state index in [2.05, 4.69) is 115 Å². The van der Waals surface area contributed by atoms with Gasteiger partial charge in [-0.15, -0.1) is 11.3 Å². The molecule has 3 heteroatoms. The van der Waals surface area contributed by atoms with Crippen LogP contribution in [0.2, 0.25) is 0 Å². The summed E-state index contributed by atoms with van der Waals surface area (Å²) in [6, 6.07) is 45.8. The fourth-order valence-corrected chi connectivity index (χ4v) is 8.33. The van der Waals surface area contributed by atoms with Gasteiger partial charge in [-0.25, -0.2) is 0 Å². The van der Waals surface area contributed by atoms with Crippen LogP contribution in [-0.2, 0) is 0 Å². The normalized spacial score (nSPS) is 12.2. The van der Waals surface area contributed by atoms with Gasteiger partial charge in [0.15, 0.2) is 0 Å². The first-order valence-corrected chi connectivity index (χ1v) is 15.3. The van der Waals surface area contributed by atoms with Gasteiger partial charge in [0.1, 0.15) is 16.7 Å². The smallest absolute Gasteiger partial charge is 0.147 e. The number of fused-ring (bicyclic) bond motifs is 10. The summed E-state index contributed by atoms with van der Waals surface area (Å²) in [5.74, 6) is 0. The van der Waals surface area contributed by atoms with Crippen molar-refractivity contribution in [2.24, 2.45) is 0 Å². The standard InChI is InChI=1S/C40H22O2S/c1-3-12-26-24(10-1)35(30-16-9-19-34-37(30)29-15-6-8-18-33(29)43-34)25-11-2-4-13-27(25)36(26)31-22-23-20-21-41-39(23)38-28-14-5-7-17-32(28)42-40(31)38/h1-22H. The van der Waals surface area contributed by atoms with Crippen LogP contribution in [0.5, 0.6) is 0 Å². The highest BCUT2D eigenvalue weighted by atomic mass is 32.1. The lowest BCUT2D eigenvalue weighted by atomic mass is 9.84. The van der Waals surface area contributed by atoms with Crippen molar-refractivity contribution >= 4 is 86.0 Å². The third-order valence-electron chi connectivity index (χ3n) is 8.94. The first kappa shape index (κ1) is 23.2. The van der Waals surface area contributed by atoms with E-state index in [0.717, 1.165) is 38.5 Å². The van der Waals surface area contributed by atoms with Crippen LogP contribution in [0.15, 0.2) is 142 Å². The van der Waals surface area contributed by atoms with Crippen LogP contribution in [-0.4, -0.2) is 0 Å². The van der Waals surface area contributed by atoms with Crippen LogP contribution >= 0.6 is 11.3 Å². The van der Waals surface area contributed by atoms with Crippen LogP contribution in [0.4, 0.5) is 0 Å². The molecule has 3 heterocycles. The molecule has 0 spiro atoms. The van der Waals surface area contributed by atoms with E-state index in [4.69, 9.17) is 8.83 Å². The molecule has 0 radical (unpaired) electrons. The molecule has 43 heavy (non-hydrogen) atoms. The Labute approximate surface area is 250 Å². The van der Waals surface area contributed by atoms with E-state index in [1.54, 1.807) is 6.26 Å². The molecule has 0 fully saturated rings. The summed E-state index contributed by atoms with van der Waals surface area (Å²) in [5, 5.41) is 10.7. The molecule has 7 aromatic carbocycles. The van der Waals surface area contributed by atoms with Gasteiger partial charge >= 0.3 is 0 Å². The molecule has 0 saturated heterocycles. The van der Waals surface area contributed by atoms with E-state index in [1.165, 1.54) is 58.4 Å². The summed E-state index contributed by atoms with van der Waals surface area (Å²) >= 11 is 1.87. The lowest BCUT2D eigenvalue weighted by molar-refractivity contribution is 0.618. The van der Waals surface area contributed by atoms with Crippen LogP contribution in [0, 0.1) is 0 Å². The van der Waals surface area contributed by atoms with Crippen molar-refractivity contribution < 1.29 is 8.83 Å². The van der Waals surface area contributed by atoms with E-state index in [1.807, 2.05) is 23.5 Å². The van der Waals surface area contributed by atoms with Gasteiger partial charge in [-0.3, -0.25) is 0 Å². The molecule has 0 N–H and O–H groups in total. The van der Waals surface area contributed by atoms with Crippen LogP contribution in [0.1, 0.15) is 0 Å². The van der Waals surface area contributed by atoms with Gasteiger partial charge in [0.05, 0.1) is 11.6 Å². The Morgan fingerprint density at radius 2 is 1.05 bits per heavy atom. The summed E-state index contributed by atoms with van der Waals surface area (Å²) < 4.78 is 15.3. The van der Waals surface area contributed by atoms with Gasteiger partial charge in [-0.05, 0) is 63.0 Å². The third kappa shape index (κ3) is 3.12. The summed E-state index contributed by atoms with van der Waals surface area (Å²) in [6.07, 6.45) is 1.78. The highest BCUT2D eigenvalue weighted by Crippen LogP contribution is 2.50. The maximum absolute atomic E-state index is 6.67. The largest absolute Gasteiger partial charge is 0.464 e. The Balaban J connectivity index is 1.41. The second-order valence-electron chi connectivity index (χ2n) is 11.2. The Hall–Kier alpha value is -5.38. The van der Waals surface area contributed by atoms with Crippen LogP contribution in [0.3, 0.4) is 0 Å². The van der Waals surface area contributed by atoms with Crippen molar-refractivity contribution in [3.63, 3.8) is 0 Å². The highest BCUT2D eigenvalue weighted by Gasteiger charge is 2.23. The zero-order valence-corrected chi connectivity index (χ0v) is 23.7. The molecule has 10 aromatic rings. The SMILES string of the molecule is c1ccc2c(c1)oc1c(-c3c4ccccc4c(-c4cccc5sc6ccccc6c45)c4ccccc34)cc3ccoc3c12. The molecule has 0 aliphatic heterocycles. The summed E-state index contributed by atoms with van der Waals surface area (Å²) in [6.45, 7) is 0. The van der Waals surface area contributed by atoms with Crippen molar-refractivity contribution in [3.8, 4) is 22.3 Å². The van der Waals surface area contributed by atoms with Gasteiger partial charge < -0.3 is 8.83 Å². The number of para-hydroxylation sites is 1. The molecule has 3 aromatic heterocycles. The van der Waals surface area contributed by atoms with Crippen molar-refractivity contribution in [2.75, 3.05) is 0 Å². The fourth-order valence-electron chi connectivity index (χ4n) is 7.20. The molecule has 0 saturated carbocycles. The molecular weight excluding hydrogens is 545 g/mol. The van der Waals surface area contributed by atoms with Gasteiger partial charge in [-0.1, -0.05) is 97.1 Å². The molecule has 10 rings (SSSR count). The van der Waals surface area contributed by atoms with Gasteiger partial charge in [-0.2, -0.15) is 0 Å². The van der Waals surface area contributed by atoms with E-state index >= 15 is 0 Å². The lowest BCUT2D eigenvalue weighted by Gasteiger charge is -2.18. The van der Waals surface area contributed by atoms with Gasteiger partial charge in [0.2, 0.25) is 0 Å². The number of hydrogen-bond donors (Lipinski definition) is 0. The zero-order valence-electron chi connectivity index (χ0n) is 22.9. The number of hydrogen-bond acceptors (Lipinski definition) is 3. The molecule has 0 amide bonds. The van der Waals surface area contributed by atoms with E-state index in [0.29, 0.717) is 0 Å². The summed E-state index contributed by atoms with van der Waals surface area (Å²) in [7, 11) is 0. The first-order chi connectivity index (χ1) is 21.3. The van der Waals surface area contributed by atoms with Crippen molar-refractivity contribution in [3.05, 3.63) is 134 Å². The maximum atomic E-state index is 6.67. The zero-order chi connectivity index (χ0) is 28.1. The number of furan rings is 2. The molecule has 0 unspecified atom stereocenters. The minimum atomic E-state index is 0.859. The highest BCUT2D eigenvalue weighted by molar-refractivity contribution is 7.25. The number of thiophene rings is 1. The van der Waals surface area contributed by atoms with Crippen molar-refractivity contribution in [1.29, 1.82) is 0 Å². The summed E-state index contributed by atoms with van der Waals surface area (Å²) in [4.78, 5) is 0. The average Bonchev–Trinajstić information content (AvgIpc) is 3.78. The summed E-state index contributed by atoms with van der Waals surface area (Å²) in [5.41, 5.74) is 7.40. The average molecular weight is 567 g/mol. The molecule has 0 aliphatic rings. The fraction of sp³-hybridized carbons (Fsp3) is 0. The quantitative estimate of drug-likeness (QED) is 0.195. The van der Waals surface area contributed by atoms with Gasteiger partial charge in [0, 0.05) is 42.1 Å². The Morgan fingerprint density at radius 1 is 0.442 bits per heavy atom. The topological polar surface area (TPSA) is 26.3 Å². The van der Waals surface area contributed by atoms with E-state index in [-0.39, 0.29) is 0 Å². The van der Waals surface area contributed by atoms with Crippen molar-refractivity contribution in [1.82, 2.24) is 0 Å². The lowest BCUT2D eigenvalue weighted by Crippen LogP contribution is -1.91. The number of rotatable bonds is 2. The van der Waals surface area contributed by atoms with Crippen molar-refractivity contribution in [2.45, 2.75) is 0 Å². The Kier molecular flexibility index (Phi) is 4.63. The molecule has 0 aliphatic carbocycles. The minimum absolute atomic E-state index is 0.859. The predicted octanol–water partition coefficient (Wildman–Crippen LogP) is 12.3. The molecule has 200 valence electrons. The predicted molar refractivity (Wildman–Crippen MR) is 182 cm³/mol. The first-order valence-electron chi connectivity index (χ1n) is 14.5. The molecule has 2 nitrogen and oxygen atoms in total. The van der Waals surface area contributed by atoms with E-state index in [9.17, 15) is 0 Å². The Bertz CT molecular complexity index is 2680. The van der Waals surface area contributed by atoms with Crippen LogP contribution in [0.25, 0.3) is 96.9 Å². The third-order valence-corrected chi connectivity index (χ3v) is 10.1. The monoisotopic (exact) mass is 566 g/mol. The second-order valence-corrected chi connectivity index (χ2v) is 12.3. The van der Waals surface area contributed by atoms with Crippen LogP contribution < -0.4 is 0 Å². The molecular formula is C40H22O2S. The second kappa shape index (κ2) is 8.57. The van der Waals surface area contributed by atoms with Gasteiger partial charge in [0.25, 0.3) is 0 Å². The minimum Gasteiger partial charge on any atom is -0.464 e. The molecule has 0 atom stereocenters. The Morgan fingerprint density at radius 3 is 1.79 bits per heavy atom. The molecule has 0 bridgehead atoms. The maximum Gasteiger partial charge on any atom is 0.147 e.